The first-order valence-corrected chi connectivity index (χ1v) is 17.6. The number of likely N-dealkylation sites (tertiary alicyclic amines) is 1. The molecule has 246 valence electrons. The highest BCUT2D eigenvalue weighted by atomic mass is 35.5. The van der Waals surface area contributed by atoms with E-state index in [0.717, 1.165) is 99.9 Å². The summed E-state index contributed by atoms with van der Waals surface area (Å²) in [4.78, 5) is 25.7. The van der Waals surface area contributed by atoms with E-state index >= 15 is 0 Å². The van der Waals surface area contributed by atoms with E-state index in [1.54, 1.807) is 0 Å². The molecule has 2 fully saturated rings. The van der Waals surface area contributed by atoms with Gasteiger partial charge < -0.3 is 15.2 Å². The molecule has 0 bridgehead atoms. The van der Waals surface area contributed by atoms with Crippen molar-refractivity contribution in [2.45, 2.75) is 77.7 Å². The van der Waals surface area contributed by atoms with Gasteiger partial charge in [-0.05, 0) is 102 Å². The number of piperidine rings is 1. The predicted molar refractivity (Wildman–Crippen MR) is 188 cm³/mol. The van der Waals surface area contributed by atoms with Gasteiger partial charge in [-0.3, -0.25) is 9.58 Å². The van der Waals surface area contributed by atoms with Crippen LogP contribution < -0.4 is 5.32 Å². The highest BCUT2D eigenvalue weighted by molar-refractivity contribution is 7.22. The van der Waals surface area contributed by atoms with E-state index in [1.165, 1.54) is 11.3 Å². The number of rotatable bonds is 8. The van der Waals surface area contributed by atoms with Gasteiger partial charge in [0.25, 0.3) is 0 Å². The number of hydrogen-bond donors (Lipinski definition) is 2. The van der Waals surface area contributed by atoms with E-state index < -0.39 is 17.7 Å². The molecule has 2 aromatic carbocycles. The maximum absolute atomic E-state index is 12.7. The highest BCUT2D eigenvalue weighted by Gasteiger charge is 2.34. The van der Waals surface area contributed by atoms with E-state index in [4.69, 9.17) is 31.4 Å². The summed E-state index contributed by atoms with van der Waals surface area (Å²) in [6.45, 7) is 14.8. The molecule has 11 heteroatoms. The number of thiazole rings is 1. The fraction of sp³-hybridized carbons (Fsp3) is 0.444. The van der Waals surface area contributed by atoms with Crippen molar-refractivity contribution in [3.63, 3.8) is 0 Å². The van der Waals surface area contributed by atoms with Crippen molar-refractivity contribution in [1.82, 2.24) is 30.0 Å². The molecule has 2 aliphatic heterocycles. The Morgan fingerprint density at radius 3 is 2.47 bits per heavy atom. The SMILES string of the molecule is CCn1nc(C2CCN(C3CNC3)CC2)c2nc(-c3nc4cc(C)c([C@H](OC(C)(C)C)C(=O)O)c(-c5ccc(Cl)cc5)c4s3)ccc21. The van der Waals surface area contributed by atoms with Gasteiger partial charge in [0.05, 0.1) is 32.7 Å². The Balaban J connectivity index is 1.34. The zero-order chi connectivity index (χ0) is 33.0. The van der Waals surface area contributed by atoms with Gasteiger partial charge >= 0.3 is 5.97 Å². The molecule has 0 spiro atoms. The number of pyridine rings is 1. The first kappa shape index (κ1) is 32.2. The summed E-state index contributed by atoms with van der Waals surface area (Å²) in [5.41, 5.74) is 7.06. The number of nitrogens with one attached hydrogen (secondary N) is 1. The van der Waals surface area contributed by atoms with Gasteiger partial charge in [-0.2, -0.15) is 5.10 Å². The summed E-state index contributed by atoms with van der Waals surface area (Å²) in [7, 11) is 0. The molecule has 0 saturated carbocycles. The number of aliphatic carboxylic acids is 1. The normalized spacial score (nSPS) is 17.4. The van der Waals surface area contributed by atoms with Gasteiger partial charge in [0, 0.05) is 47.7 Å². The van der Waals surface area contributed by atoms with Gasteiger partial charge in [0.2, 0.25) is 0 Å². The molecule has 2 saturated heterocycles. The lowest BCUT2D eigenvalue weighted by molar-refractivity contribution is -0.160. The Kier molecular flexibility index (Phi) is 8.59. The van der Waals surface area contributed by atoms with Crippen molar-refractivity contribution in [3.8, 4) is 21.8 Å². The van der Waals surface area contributed by atoms with Crippen LogP contribution in [0.3, 0.4) is 0 Å². The molecule has 9 nitrogen and oxygen atoms in total. The summed E-state index contributed by atoms with van der Waals surface area (Å²) in [6, 6.07) is 14.3. The predicted octanol–water partition coefficient (Wildman–Crippen LogP) is 7.45. The molecule has 2 N–H and O–H groups in total. The second-order valence-corrected chi connectivity index (χ2v) is 15.1. The first-order chi connectivity index (χ1) is 22.5. The number of carbonyl (C=O) groups is 1. The van der Waals surface area contributed by atoms with Gasteiger partial charge in [0.15, 0.2) is 6.10 Å². The number of ether oxygens (including phenoxy) is 1. The van der Waals surface area contributed by atoms with E-state index in [-0.39, 0.29) is 0 Å². The van der Waals surface area contributed by atoms with Gasteiger partial charge in [-0.1, -0.05) is 23.7 Å². The molecule has 0 unspecified atom stereocenters. The minimum atomic E-state index is -1.17. The lowest BCUT2D eigenvalue weighted by atomic mass is 9.91. The average Bonchev–Trinajstić information content (AvgIpc) is 3.60. The second kappa shape index (κ2) is 12.6. The molecule has 0 aliphatic carbocycles. The molecular formula is C36H41ClN6O3S. The minimum absolute atomic E-state index is 0.366. The Bertz CT molecular complexity index is 1950. The fourth-order valence-electron chi connectivity index (χ4n) is 6.93. The van der Waals surface area contributed by atoms with Gasteiger partial charge in [-0.25, -0.2) is 14.8 Å². The monoisotopic (exact) mass is 672 g/mol. The Labute approximate surface area is 283 Å². The Hall–Kier alpha value is -3.41. The third kappa shape index (κ3) is 6.18. The van der Waals surface area contributed by atoms with Crippen molar-refractivity contribution >= 4 is 50.2 Å². The molecule has 0 radical (unpaired) electrons. The van der Waals surface area contributed by atoms with Crippen molar-refractivity contribution in [3.05, 3.63) is 64.3 Å². The van der Waals surface area contributed by atoms with Crippen LogP contribution in [-0.2, 0) is 16.1 Å². The standard InChI is InChI=1S/C36H41ClN6O3S/c1-6-43-27-12-11-25(39-31(27)30(41-43)22-13-15-42(16-14-22)24-18-38-19-24)34-40-26-17-20(2)28(32(35(44)45)46-36(3,4)5)29(33(26)47-34)21-7-9-23(37)10-8-21/h7-12,17,22,24,32,38H,6,13-16,18-19H2,1-5H3,(H,44,45)/t32-/m0/s1. The number of aromatic nitrogens is 4. The van der Waals surface area contributed by atoms with Crippen LogP contribution in [0, 0.1) is 6.92 Å². The van der Waals surface area contributed by atoms with Crippen molar-refractivity contribution in [1.29, 1.82) is 0 Å². The van der Waals surface area contributed by atoms with E-state index in [2.05, 4.69) is 27.9 Å². The number of carboxylic acid groups (broad SMARTS) is 1. The summed E-state index contributed by atoms with van der Waals surface area (Å²) in [5.74, 6) is -0.671. The maximum Gasteiger partial charge on any atom is 0.337 e. The summed E-state index contributed by atoms with van der Waals surface area (Å²) in [5, 5.41) is 20.3. The smallest absolute Gasteiger partial charge is 0.337 e. The third-order valence-electron chi connectivity index (χ3n) is 9.35. The quantitative estimate of drug-likeness (QED) is 0.175. The second-order valence-electron chi connectivity index (χ2n) is 13.7. The van der Waals surface area contributed by atoms with Crippen LogP contribution in [0.4, 0.5) is 0 Å². The van der Waals surface area contributed by atoms with Gasteiger partial charge in [0.1, 0.15) is 10.5 Å². The molecule has 5 heterocycles. The van der Waals surface area contributed by atoms with E-state index in [1.807, 2.05) is 64.1 Å². The zero-order valence-corrected chi connectivity index (χ0v) is 29.1. The van der Waals surface area contributed by atoms with Crippen LogP contribution in [0.1, 0.15) is 69.4 Å². The maximum atomic E-state index is 12.7. The highest BCUT2D eigenvalue weighted by Crippen LogP contribution is 2.44. The summed E-state index contributed by atoms with van der Waals surface area (Å²) >= 11 is 7.81. The number of aryl methyl sites for hydroxylation is 2. The molecule has 7 rings (SSSR count). The number of carboxylic acids is 1. The molecule has 3 aromatic heterocycles. The van der Waals surface area contributed by atoms with Gasteiger partial charge in [-0.15, -0.1) is 11.3 Å². The minimum Gasteiger partial charge on any atom is -0.479 e. The number of halogens is 1. The van der Waals surface area contributed by atoms with E-state index in [9.17, 15) is 9.90 Å². The first-order valence-electron chi connectivity index (χ1n) is 16.4. The molecule has 1 atom stereocenters. The van der Waals surface area contributed by atoms with Crippen LogP contribution in [-0.4, -0.2) is 73.5 Å². The Morgan fingerprint density at radius 1 is 1.13 bits per heavy atom. The molecule has 2 aliphatic rings. The number of hydrogen-bond acceptors (Lipinski definition) is 8. The van der Waals surface area contributed by atoms with Crippen LogP contribution in [0.25, 0.3) is 43.1 Å². The lowest BCUT2D eigenvalue weighted by Gasteiger charge is -2.42. The Morgan fingerprint density at radius 2 is 1.85 bits per heavy atom. The van der Waals surface area contributed by atoms with Crippen LogP contribution in [0.2, 0.25) is 5.02 Å². The van der Waals surface area contributed by atoms with Crippen LogP contribution >= 0.6 is 22.9 Å². The van der Waals surface area contributed by atoms with Crippen LogP contribution in [0.5, 0.6) is 0 Å². The molecule has 5 aromatic rings. The lowest BCUT2D eigenvalue weighted by Crippen LogP contribution is -2.58. The van der Waals surface area contributed by atoms with E-state index in [0.29, 0.717) is 22.5 Å². The summed E-state index contributed by atoms with van der Waals surface area (Å²) < 4.78 is 9.14. The summed E-state index contributed by atoms with van der Waals surface area (Å²) in [6.07, 6.45) is 0.986. The number of benzene rings is 2. The zero-order valence-electron chi connectivity index (χ0n) is 27.5. The molecule has 47 heavy (non-hydrogen) atoms. The van der Waals surface area contributed by atoms with Crippen molar-refractivity contribution < 1.29 is 14.6 Å². The number of fused-ring (bicyclic) bond motifs is 2. The fourth-order valence-corrected chi connectivity index (χ4v) is 8.15. The van der Waals surface area contributed by atoms with Crippen molar-refractivity contribution in [2.24, 2.45) is 0 Å². The largest absolute Gasteiger partial charge is 0.479 e. The molecule has 0 amide bonds. The number of nitrogens with zero attached hydrogens (tertiary/aromatic N) is 5. The third-order valence-corrected chi connectivity index (χ3v) is 10.7. The average molecular weight is 673 g/mol. The topological polar surface area (TPSA) is 105 Å². The molecular weight excluding hydrogens is 632 g/mol. The van der Waals surface area contributed by atoms with Crippen LogP contribution in [0.15, 0.2) is 42.5 Å². The van der Waals surface area contributed by atoms with Crippen molar-refractivity contribution in [2.75, 3.05) is 26.2 Å².